The molecule has 0 aliphatic rings. The molecule has 1 aromatic carbocycles. The second-order valence-corrected chi connectivity index (χ2v) is 7.41. The van der Waals surface area contributed by atoms with Crippen molar-refractivity contribution in [1.82, 2.24) is 15.0 Å². The van der Waals surface area contributed by atoms with Gasteiger partial charge in [0.25, 0.3) is 5.91 Å². The molecule has 0 radical (unpaired) electrons. The van der Waals surface area contributed by atoms with Crippen LogP contribution in [0.1, 0.15) is 30.6 Å². The summed E-state index contributed by atoms with van der Waals surface area (Å²) in [4.78, 5) is 36.8. The third-order valence-corrected chi connectivity index (χ3v) is 4.54. The van der Waals surface area contributed by atoms with E-state index in [4.69, 9.17) is 16.2 Å². The lowest BCUT2D eigenvalue weighted by Crippen LogP contribution is -2.37. The Kier molecular flexibility index (Phi) is 6.49. The van der Waals surface area contributed by atoms with Gasteiger partial charge in [-0.05, 0) is 36.6 Å². The van der Waals surface area contributed by atoms with E-state index in [0.717, 1.165) is 10.9 Å². The molecule has 0 bridgehead atoms. The minimum absolute atomic E-state index is 0.0150. The molecule has 10 nitrogen and oxygen atoms in total. The van der Waals surface area contributed by atoms with Crippen LogP contribution in [0.25, 0.3) is 10.9 Å². The van der Waals surface area contributed by atoms with Crippen LogP contribution in [0.15, 0.2) is 36.5 Å². The van der Waals surface area contributed by atoms with Crippen LogP contribution in [0.2, 0.25) is 0 Å². The molecule has 0 fully saturated rings. The fraction of sp³-hybridized carbons (Fsp3) is 0.286. The van der Waals surface area contributed by atoms with Gasteiger partial charge in [0.05, 0.1) is 12.6 Å². The maximum absolute atomic E-state index is 12.1. The highest BCUT2D eigenvalue weighted by atomic mass is 16.5. The van der Waals surface area contributed by atoms with Crippen molar-refractivity contribution in [3.63, 3.8) is 0 Å². The monoisotopic (exact) mass is 423 g/mol. The Morgan fingerprint density at radius 1 is 1.16 bits per heavy atom. The number of hydrogen-bond acceptors (Lipinski definition) is 8. The first-order valence-electron chi connectivity index (χ1n) is 9.72. The van der Waals surface area contributed by atoms with E-state index in [0.29, 0.717) is 12.1 Å². The van der Waals surface area contributed by atoms with Gasteiger partial charge in [0.1, 0.15) is 11.6 Å². The first-order chi connectivity index (χ1) is 14.8. The predicted molar refractivity (Wildman–Crippen MR) is 118 cm³/mol. The molecule has 6 N–H and O–H groups in total. The predicted octanol–water partition coefficient (Wildman–Crippen LogP) is 2.19. The molecule has 2 heterocycles. The molecule has 0 aliphatic carbocycles. The fourth-order valence-electron chi connectivity index (χ4n) is 3.13. The van der Waals surface area contributed by atoms with Crippen molar-refractivity contribution in [3.05, 3.63) is 42.1 Å². The molecule has 1 atom stereocenters. The van der Waals surface area contributed by atoms with Crippen molar-refractivity contribution in [2.75, 3.05) is 17.7 Å². The Hall–Kier alpha value is -3.95. The second-order valence-electron chi connectivity index (χ2n) is 7.41. The summed E-state index contributed by atoms with van der Waals surface area (Å²) in [5.41, 5.74) is 12.5. The van der Waals surface area contributed by atoms with Gasteiger partial charge < -0.3 is 26.8 Å². The van der Waals surface area contributed by atoms with Gasteiger partial charge in [0, 0.05) is 17.3 Å². The summed E-state index contributed by atoms with van der Waals surface area (Å²) in [5.74, 6) is -0.897. The maximum Gasteiger partial charge on any atom is 0.258 e. The largest absolute Gasteiger partial charge is 0.480 e. The van der Waals surface area contributed by atoms with E-state index in [-0.39, 0.29) is 29.1 Å². The average Bonchev–Trinajstić information content (AvgIpc) is 2.72. The number of anilines is 3. The molecule has 0 unspecified atom stereocenters. The SMILES string of the molecule is COc1nc(N[C@H](CC(C)C)C(N)=O)nc(Nc2ccc3ncccc3c2)c1C(N)=O. The number of ether oxygens (including phenoxy) is 1. The number of nitrogens with one attached hydrogen (secondary N) is 2. The van der Waals surface area contributed by atoms with Crippen molar-refractivity contribution in [3.8, 4) is 5.88 Å². The highest BCUT2D eigenvalue weighted by Crippen LogP contribution is 2.28. The van der Waals surface area contributed by atoms with Gasteiger partial charge in [0.2, 0.25) is 17.7 Å². The zero-order valence-corrected chi connectivity index (χ0v) is 17.5. The smallest absolute Gasteiger partial charge is 0.258 e. The zero-order valence-electron chi connectivity index (χ0n) is 17.5. The van der Waals surface area contributed by atoms with Crippen molar-refractivity contribution in [1.29, 1.82) is 0 Å². The molecule has 162 valence electrons. The summed E-state index contributed by atoms with van der Waals surface area (Å²) in [6.45, 7) is 3.94. The van der Waals surface area contributed by atoms with Gasteiger partial charge in [-0.2, -0.15) is 9.97 Å². The van der Waals surface area contributed by atoms with Crippen molar-refractivity contribution in [2.24, 2.45) is 17.4 Å². The molecule has 0 aliphatic heterocycles. The second kappa shape index (κ2) is 9.24. The van der Waals surface area contributed by atoms with Crippen LogP contribution in [-0.2, 0) is 4.79 Å². The maximum atomic E-state index is 12.1. The third kappa shape index (κ3) is 5.16. The molecular formula is C21H25N7O3. The van der Waals surface area contributed by atoms with Gasteiger partial charge >= 0.3 is 0 Å². The van der Waals surface area contributed by atoms with Crippen molar-refractivity contribution >= 4 is 40.2 Å². The summed E-state index contributed by atoms with van der Waals surface area (Å²) >= 11 is 0. The van der Waals surface area contributed by atoms with Gasteiger partial charge in [-0.1, -0.05) is 19.9 Å². The number of nitrogens with zero attached hydrogens (tertiary/aromatic N) is 3. The minimum Gasteiger partial charge on any atom is -0.480 e. The number of carbonyl (C=O) groups is 2. The van der Waals surface area contributed by atoms with E-state index < -0.39 is 17.9 Å². The summed E-state index contributed by atoms with van der Waals surface area (Å²) < 4.78 is 5.26. The first-order valence-corrected chi connectivity index (χ1v) is 9.72. The van der Waals surface area contributed by atoms with Gasteiger partial charge in [-0.25, -0.2) is 0 Å². The molecule has 0 spiro atoms. The average molecular weight is 423 g/mol. The number of methoxy groups -OCH3 is 1. The highest BCUT2D eigenvalue weighted by Gasteiger charge is 2.23. The fourth-order valence-corrected chi connectivity index (χ4v) is 3.13. The Morgan fingerprint density at radius 2 is 1.94 bits per heavy atom. The topological polar surface area (TPSA) is 158 Å². The molecule has 3 aromatic rings. The number of fused-ring (bicyclic) bond motifs is 1. The van der Waals surface area contributed by atoms with Gasteiger partial charge in [0.15, 0.2) is 5.82 Å². The zero-order chi connectivity index (χ0) is 22.5. The van der Waals surface area contributed by atoms with E-state index in [1.54, 1.807) is 12.3 Å². The van der Waals surface area contributed by atoms with Crippen LogP contribution in [0.5, 0.6) is 5.88 Å². The van der Waals surface area contributed by atoms with Crippen molar-refractivity contribution < 1.29 is 14.3 Å². The number of primary amides is 2. The molecule has 31 heavy (non-hydrogen) atoms. The lowest BCUT2D eigenvalue weighted by molar-refractivity contribution is -0.119. The van der Waals surface area contributed by atoms with E-state index in [9.17, 15) is 9.59 Å². The van der Waals surface area contributed by atoms with E-state index >= 15 is 0 Å². The Balaban J connectivity index is 2.02. The van der Waals surface area contributed by atoms with Crippen LogP contribution in [0.4, 0.5) is 17.5 Å². The quantitative estimate of drug-likeness (QED) is 0.408. The van der Waals surface area contributed by atoms with Gasteiger partial charge in [-0.3, -0.25) is 14.6 Å². The van der Waals surface area contributed by atoms with E-state index in [1.165, 1.54) is 7.11 Å². The summed E-state index contributed by atoms with van der Waals surface area (Å²) in [5, 5.41) is 6.92. The number of aromatic nitrogens is 3. The molecule has 3 rings (SSSR count). The number of benzene rings is 1. The number of pyridine rings is 1. The lowest BCUT2D eigenvalue weighted by atomic mass is 10.0. The Labute approximate surface area is 179 Å². The number of amides is 2. The van der Waals surface area contributed by atoms with Crippen LogP contribution in [0, 0.1) is 5.92 Å². The van der Waals surface area contributed by atoms with Crippen LogP contribution >= 0.6 is 0 Å². The highest BCUT2D eigenvalue weighted by molar-refractivity contribution is 6.01. The molecule has 0 saturated carbocycles. The summed E-state index contributed by atoms with van der Waals surface area (Å²) in [6.07, 6.45) is 2.19. The van der Waals surface area contributed by atoms with E-state index in [1.807, 2.05) is 38.1 Å². The molecule has 2 aromatic heterocycles. The lowest BCUT2D eigenvalue weighted by Gasteiger charge is -2.19. The standard InChI is InChI=1S/C21H25N7O3/c1-11(2)9-15(17(22)29)26-21-27-19(16(18(23)30)20(28-21)31-3)25-13-6-7-14-12(10-13)5-4-8-24-14/h4-8,10-11,15H,9H2,1-3H3,(H2,22,29)(H2,23,30)(H2,25,26,27,28)/t15-/m1/s1. The van der Waals surface area contributed by atoms with Crippen LogP contribution in [-0.4, -0.2) is 39.9 Å². The summed E-state index contributed by atoms with van der Waals surface area (Å²) in [6, 6.07) is 8.55. The number of hydrogen-bond donors (Lipinski definition) is 4. The summed E-state index contributed by atoms with van der Waals surface area (Å²) in [7, 11) is 1.36. The van der Waals surface area contributed by atoms with E-state index in [2.05, 4.69) is 25.6 Å². The normalized spacial score (nSPS) is 11.9. The van der Waals surface area contributed by atoms with Gasteiger partial charge in [-0.15, -0.1) is 0 Å². The Morgan fingerprint density at radius 3 is 2.58 bits per heavy atom. The first kappa shape index (κ1) is 21.8. The number of rotatable bonds is 9. The number of carbonyl (C=O) groups excluding carboxylic acids is 2. The van der Waals surface area contributed by atoms with Crippen LogP contribution in [0.3, 0.4) is 0 Å². The molecule has 2 amide bonds. The molecule has 10 heteroatoms. The molecule has 0 saturated heterocycles. The molecular weight excluding hydrogens is 398 g/mol. The Bertz CT molecular complexity index is 1120. The third-order valence-electron chi connectivity index (χ3n) is 4.54. The van der Waals surface area contributed by atoms with Crippen molar-refractivity contribution in [2.45, 2.75) is 26.3 Å². The number of nitrogens with two attached hydrogens (primary N) is 2. The minimum atomic E-state index is -0.762. The van der Waals surface area contributed by atoms with Crippen LogP contribution < -0.4 is 26.8 Å².